The number of imide groups is 2. The molecular weight excluding hydrogens is 870 g/mol. The van der Waals surface area contributed by atoms with Crippen molar-refractivity contribution < 1.29 is 41.9 Å². The largest absolute Gasteiger partial charge is 0.493 e. The Bertz CT molecular complexity index is 2610. The number of nitrogens with one attached hydrogen (secondary N) is 1. The molecule has 0 aliphatic carbocycles. The number of carbonyl (C=O) groups is 5. The fourth-order valence-electron chi connectivity index (χ4n) is 8.83. The van der Waals surface area contributed by atoms with Crippen molar-refractivity contribution in [2.24, 2.45) is 0 Å². The molecule has 0 bridgehead atoms. The summed E-state index contributed by atoms with van der Waals surface area (Å²) in [4.78, 5) is 76.4. The molecular formula is C49H56ClN5O9S. The number of sulfone groups is 1. The van der Waals surface area contributed by atoms with Crippen molar-refractivity contribution in [2.75, 3.05) is 19.7 Å². The predicted octanol–water partition coefficient (Wildman–Crippen LogP) is 7.34. The van der Waals surface area contributed by atoms with E-state index in [-0.39, 0.29) is 65.6 Å². The van der Waals surface area contributed by atoms with Crippen LogP contribution in [0.15, 0.2) is 65.7 Å². The molecule has 3 aromatic carbocycles. The van der Waals surface area contributed by atoms with Crippen LogP contribution in [0.5, 0.6) is 11.5 Å². The molecule has 344 valence electrons. The molecule has 1 unspecified atom stereocenters. The summed E-state index contributed by atoms with van der Waals surface area (Å²) >= 11 is 6.59. The topological polar surface area (TPSA) is 182 Å². The Labute approximate surface area is 385 Å². The third kappa shape index (κ3) is 10.6. The molecule has 4 aromatic rings. The quantitative estimate of drug-likeness (QED) is 0.0827. The van der Waals surface area contributed by atoms with Gasteiger partial charge in [0.05, 0.1) is 44.7 Å². The Morgan fingerprint density at radius 1 is 0.892 bits per heavy atom. The zero-order valence-electron chi connectivity index (χ0n) is 37.5. The normalized spacial score (nSPS) is 17.0. The maximum absolute atomic E-state index is 13.4. The van der Waals surface area contributed by atoms with Gasteiger partial charge in [-0.15, -0.1) is 0 Å². The monoisotopic (exact) mass is 925 g/mol. The van der Waals surface area contributed by atoms with E-state index in [1.807, 2.05) is 24.8 Å². The number of amides is 5. The van der Waals surface area contributed by atoms with E-state index in [2.05, 4.69) is 29.4 Å². The predicted molar refractivity (Wildman–Crippen MR) is 244 cm³/mol. The van der Waals surface area contributed by atoms with Gasteiger partial charge >= 0.3 is 0 Å². The lowest BCUT2D eigenvalue weighted by Crippen LogP contribution is -2.54. The van der Waals surface area contributed by atoms with E-state index in [1.165, 1.54) is 11.6 Å². The highest BCUT2D eigenvalue weighted by Gasteiger charge is 2.46. The molecule has 0 radical (unpaired) electrons. The standard InChI is InChI=1S/C49H56ClN5O9S/c1-29(2)64-41-27-36(31(5)24-34(41)26-43-51-28-37(50)38(52-43)25-33-12-8-9-15-42(33)65(61,62)30(3)4)32-19-21-54(22-20-32)45(57)16-7-6-10-23-63-40-14-11-13-35-46(40)49(60)55(48(35)59)39-17-18-44(56)53-47(39)58/h8-9,11-15,24,27-30,32,39H,6-7,10,16-23,25-26H2,1-5H3,(H,53,56,58). The number of likely N-dealkylation sites (tertiary alicyclic amines) is 1. The molecule has 0 saturated carbocycles. The highest BCUT2D eigenvalue weighted by Crippen LogP contribution is 2.37. The maximum atomic E-state index is 13.4. The number of piperidine rings is 2. The van der Waals surface area contributed by atoms with Crippen molar-refractivity contribution in [3.05, 3.63) is 111 Å². The summed E-state index contributed by atoms with van der Waals surface area (Å²) in [6.45, 7) is 11.0. The first-order valence-electron chi connectivity index (χ1n) is 22.4. The summed E-state index contributed by atoms with van der Waals surface area (Å²) in [5.41, 5.74) is 4.70. The fraction of sp³-hybridized carbons (Fsp3) is 0.449. The molecule has 0 spiro atoms. The van der Waals surface area contributed by atoms with Crippen molar-refractivity contribution in [3.63, 3.8) is 0 Å². The van der Waals surface area contributed by atoms with Gasteiger partial charge in [0.1, 0.15) is 23.4 Å². The van der Waals surface area contributed by atoms with Crippen molar-refractivity contribution in [1.29, 1.82) is 0 Å². The van der Waals surface area contributed by atoms with Gasteiger partial charge in [-0.05, 0) is 120 Å². The van der Waals surface area contributed by atoms with E-state index < -0.39 is 44.8 Å². The Morgan fingerprint density at radius 3 is 2.37 bits per heavy atom. The lowest BCUT2D eigenvalue weighted by atomic mass is 9.85. The van der Waals surface area contributed by atoms with Gasteiger partial charge in [-0.1, -0.05) is 41.9 Å². The molecule has 5 amide bonds. The van der Waals surface area contributed by atoms with Gasteiger partial charge in [0.15, 0.2) is 9.84 Å². The lowest BCUT2D eigenvalue weighted by molar-refractivity contribution is -0.136. The van der Waals surface area contributed by atoms with Crippen LogP contribution < -0.4 is 14.8 Å². The van der Waals surface area contributed by atoms with Crippen LogP contribution in [-0.4, -0.2) is 94.8 Å². The van der Waals surface area contributed by atoms with Crippen LogP contribution in [0.3, 0.4) is 0 Å². The van der Waals surface area contributed by atoms with Crippen LogP contribution in [0.4, 0.5) is 0 Å². The van der Waals surface area contributed by atoms with E-state index in [1.54, 1.807) is 50.4 Å². The van der Waals surface area contributed by atoms with Crippen LogP contribution in [0.25, 0.3) is 0 Å². The smallest absolute Gasteiger partial charge is 0.266 e. The highest BCUT2D eigenvalue weighted by atomic mass is 35.5. The van der Waals surface area contributed by atoms with Crippen LogP contribution in [0, 0.1) is 6.92 Å². The molecule has 1 atom stereocenters. The first-order valence-corrected chi connectivity index (χ1v) is 24.3. The summed E-state index contributed by atoms with van der Waals surface area (Å²) in [6, 6.07) is 15.0. The Balaban J connectivity index is 0.909. The Hall–Kier alpha value is -5.67. The molecule has 14 nitrogen and oxygen atoms in total. The minimum atomic E-state index is -3.52. The molecule has 2 saturated heterocycles. The number of rotatable bonds is 17. The minimum absolute atomic E-state index is 0.0428. The van der Waals surface area contributed by atoms with Crippen molar-refractivity contribution in [2.45, 2.75) is 127 Å². The maximum Gasteiger partial charge on any atom is 0.266 e. The highest BCUT2D eigenvalue weighted by molar-refractivity contribution is 7.92. The number of aromatic nitrogens is 2. The third-order valence-electron chi connectivity index (χ3n) is 12.3. The summed E-state index contributed by atoms with van der Waals surface area (Å²) in [7, 11) is -3.52. The lowest BCUT2D eigenvalue weighted by Gasteiger charge is -2.33. The van der Waals surface area contributed by atoms with E-state index in [4.69, 9.17) is 26.1 Å². The molecule has 2 fully saturated rings. The Kier molecular flexibility index (Phi) is 14.7. The Morgan fingerprint density at radius 2 is 1.65 bits per heavy atom. The van der Waals surface area contributed by atoms with E-state index in [9.17, 15) is 32.4 Å². The van der Waals surface area contributed by atoms with E-state index >= 15 is 0 Å². The van der Waals surface area contributed by atoms with Gasteiger partial charge < -0.3 is 14.4 Å². The summed E-state index contributed by atoms with van der Waals surface area (Å²) in [5.74, 6) is -0.361. The minimum Gasteiger partial charge on any atom is -0.493 e. The van der Waals surface area contributed by atoms with Gasteiger partial charge in [0.25, 0.3) is 11.8 Å². The van der Waals surface area contributed by atoms with Gasteiger partial charge in [-0.3, -0.25) is 34.2 Å². The number of hydrogen-bond donors (Lipinski definition) is 1. The van der Waals surface area contributed by atoms with E-state index in [0.717, 1.165) is 41.0 Å². The molecule has 4 heterocycles. The second-order valence-corrected chi connectivity index (χ2v) is 20.4. The van der Waals surface area contributed by atoms with Crippen molar-refractivity contribution in [3.8, 4) is 11.5 Å². The van der Waals surface area contributed by atoms with E-state index in [0.29, 0.717) is 60.9 Å². The molecule has 3 aliphatic rings. The number of aryl methyl sites for hydroxylation is 1. The summed E-state index contributed by atoms with van der Waals surface area (Å²) in [6.07, 6.45) is 6.34. The van der Waals surface area contributed by atoms with Crippen molar-refractivity contribution in [1.82, 2.24) is 25.1 Å². The average Bonchev–Trinajstić information content (AvgIpc) is 3.52. The first-order chi connectivity index (χ1) is 31.0. The molecule has 16 heteroatoms. The van der Waals surface area contributed by atoms with Gasteiger partial charge in [0.2, 0.25) is 17.7 Å². The SMILES string of the molecule is Cc1cc(Cc2ncc(Cl)c(Cc3ccccc3S(=O)(=O)C(C)C)n2)c(OC(C)C)cc1C1CCN(C(=O)CCCCCOc2cccc3c2C(=O)N(C2CCC(=O)NC2=O)C3=O)CC1. The van der Waals surface area contributed by atoms with Gasteiger partial charge in [-0.2, -0.15) is 0 Å². The van der Waals surface area contributed by atoms with Crippen LogP contribution in [-0.2, 0) is 37.1 Å². The fourth-order valence-corrected chi connectivity index (χ4v) is 10.3. The summed E-state index contributed by atoms with van der Waals surface area (Å²) < 4.78 is 38.6. The number of nitrogens with zero attached hydrogens (tertiary/aromatic N) is 4. The number of unbranched alkanes of at least 4 members (excludes halogenated alkanes) is 2. The van der Waals surface area contributed by atoms with Gasteiger partial charge in [-0.25, -0.2) is 18.4 Å². The number of halogens is 1. The van der Waals surface area contributed by atoms with Crippen molar-refractivity contribution >= 4 is 51.0 Å². The molecule has 1 N–H and O–H groups in total. The zero-order chi connectivity index (χ0) is 46.6. The number of benzene rings is 3. The third-order valence-corrected chi connectivity index (χ3v) is 14.9. The molecule has 7 rings (SSSR count). The van der Waals surface area contributed by atoms with Gasteiger partial charge in [0, 0.05) is 50.5 Å². The zero-order valence-corrected chi connectivity index (χ0v) is 39.1. The summed E-state index contributed by atoms with van der Waals surface area (Å²) in [5, 5.41) is 2.00. The van der Waals surface area contributed by atoms with Crippen LogP contribution >= 0.6 is 11.6 Å². The second kappa shape index (κ2) is 20.2. The number of ether oxygens (including phenoxy) is 2. The van der Waals surface area contributed by atoms with Crippen LogP contribution in [0.2, 0.25) is 5.02 Å². The molecule has 65 heavy (non-hydrogen) atoms. The number of fused-ring (bicyclic) bond motifs is 1. The van der Waals surface area contributed by atoms with Crippen LogP contribution in [0.1, 0.15) is 139 Å². The number of carbonyl (C=O) groups excluding carboxylic acids is 5. The first kappa shape index (κ1) is 47.3. The average molecular weight is 927 g/mol. The number of hydrogen-bond acceptors (Lipinski definition) is 11. The molecule has 1 aromatic heterocycles. The molecule has 3 aliphatic heterocycles. The second-order valence-electron chi connectivity index (χ2n) is 17.6.